The van der Waals surface area contributed by atoms with Gasteiger partial charge < -0.3 is 15.7 Å². The molecule has 1 atom stereocenters. The van der Waals surface area contributed by atoms with Crippen LogP contribution in [0.2, 0.25) is 0 Å². The van der Waals surface area contributed by atoms with Gasteiger partial charge in [-0.05, 0) is 65.6 Å². The van der Waals surface area contributed by atoms with Gasteiger partial charge >= 0.3 is 5.97 Å². The van der Waals surface area contributed by atoms with Crippen molar-refractivity contribution in [1.82, 2.24) is 4.98 Å². The Morgan fingerprint density at radius 1 is 1.14 bits per heavy atom. The number of aryl methyl sites for hydroxylation is 1. The molecule has 3 N–H and O–H groups in total. The van der Waals surface area contributed by atoms with Crippen LogP contribution in [0.25, 0.3) is 0 Å². The smallest absolute Gasteiger partial charge is 0.330 e. The summed E-state index contributed by atoms with van der Waals surface area (Å²) in [5, 5.41) is 25.1. The molecule has 0 aliphatic rings. The third-order valence-electron chi connectivity index (χ3n) is 4.55. The van der Waals surface area contributed by atoms with Crippen molar-refractivity contribution < 1.29 is 9.90 Å². The molecule has 0 bridgehead atoms. The van der Waals surface area contributed by atoms with E-state index in [4.69, 9.17) is 5.26 Å². The number of hydrogen-bond donors (Lipinski definition) is 3. The summed E-state index contributed by atoms with van der Waals surface area (Å²) in [6, 6.07) is 17.5. The molecular formula is C23H22N4O2. The van der Waals surface area contributed by atoms with E-state index in [-0.39, 0.29) is 0 Å². The third kappa shape index (κ3) is 5.33. The summed E-state index contributed by atoms with van der Waals surface area (Å²) in [4.78, 5) is 16.1. The minimum Gasteiger partial charge on any atom is -0.479 e. The molecule has 3 rings (SSSR count). The zero-order valence-electron chi connectivity index (χ0n) is 16.1. The molecule has 1 heterocycles. The van der Waals surface area contributed by atoms with Gasteiger partial charge in [0.25, 0.3) is 0 Å². The lowest BCUT2D eigenvalue weighted by Gasteiger charge is -2.19. The number of carbonyl (C=O) groups is 1. The second-order valence-electron chi connectivity index (χ2n) is 6.64. The van der Waals surface area contributed by atoms with Crippen molar-refractivity contribution in [3.8, 4) is 6.07 Å². The summed E-state index contributed by atoms with van der Waals surface area (Å²) in [5.41, 5.74) is 4.77. The number of aromatic nitrogens is 1. The fourth-order valence-electron chi connectivity index (χ4n) is 2.99. The molecule has 146 valence electrons. The van der Waals surface area contributed by atoms with E-state index in [2.05, 4.69) is 21.7 Å². The van der Waals surface area contributed by atoms with Crippen LogP contribution >= 0.6 is 0 Å². The number of nitriles is 1. The first-order valence-electron chi connectivity index (χ1n) is 9.35. The summed E-state index contributed by atoms with van der Waals surface area (Å²) in [6.07, 6.45) is 4.31. The quantitative estimate of drug-likeness (QED) is 0.532. The minimum atomic E-state index is -0.971. The highest BCUT2D eigenvalue weighted by atomic mass is 16.4. The number of rotatable bonds is 8. The Labute approximate surface area is 169 Å². The van der Waals surface area contributed by atoms with Gasteiger partial charge in [-0.1, -0.05) is 19.1 Å². The molecular weight excluding hydrogens is 364 g/mol. The molecule has 0 aliphatic carbocycles. The zero-order valence-corrected chi connectivity index (χ0v) is 16.1. The van der Waals surface area contributed by atoms with Crippen LogP contribution in [0, 0.1) is 11.3 Å². The Bertz CT molecular complexity index is 1010. The van der Waals surface area contributed by atoms with Gasteiger partial charge in [-0.3, -0.25) is 4.98 Å². The second-order valence-corrected chi connectivity index (χ2v) is 6.64. The lowest BCUT2D eigenvalue weighted by Crippen LogP contribution is -2.21. The largest absolute Gasteiger partial charge is 0.479 e. The molecule has 6 heteroatoms. The number of nitrogens with zero attached hydrogens (tertiary/aromatic N) is 2. The Kier molecular flexibility index (Phi) is 6.43. The van der Waals surface area contributed by atoms with Crippen molar-refractivity contribution in [3.05, 3.63) is 89.2 Å². The molecule has 1 unspecified atom stereocenters. The molecule has 0 saturated carbocycles. The first-order valence-corrected chi connectivity index (χ1v) is 9.35. The van der Waals surface area contributed by atoms with Crippen molar-refractivity contribution >= 4 is 17.3 Å². The van der Waals surface area contributed by atoms with E-state index < -0.39 is 12.0 Å². The fourth-order valence-corrected chi connectivity index (χ4v) is 2.99. The summed E-state index contributed by atoms with van der Waals surface area (Å²) >= 11 is 0. The molecule has 1 aromatic heterocycles. The number of anilines is 2. The van der Waals surface area contributed by atoms with Crippen molar-refractivity contribution in [3.63, 3.8) is 0 Å². The molecule has 0 fully saturated rings. The molecule has 0 spiro atoms. The summed E-state index contributed by atoms with van der Waals surface area (Å²) in [7, 11) is 0. The van der Waals surface area contributed by atoms with Crippen molar-refractivity contribution in [2.24, 2.45) is 0 Å². The fraction of sp³-hybridized carbons (Fsp3) is 0.174. The molecule has 0 radical (unpaired) electrons. The Morgan fingerprint density at radius 3 is 2.55 bits per heavy atom. The molecule has 0 aliphatic heterocycles. The van der Waals surface area contributed by atoms with E-state index >= 15 is 0 Å². The lowest BCUT2D eigenvalue weighted by molar-refractivity contribution is -0.138. The highest BCUT2D eigenvalue weighted by Gasteiger charge is 2.21. The van der Waals surface area contributed by atoms with Gasteiger partial charge in [-0.2, -0.15) is 5.26 Å². The number of hydrogen-bond acceptors (Lipinski definition) is 5. The van der Waals surface area contributed by atoms with Crippen LogP contribution in [0.15, 0.2) is 67.0 Å². The van der Waals surface area contributed by atoms with Gasteiger partial charge in [0.2, 0.25) is 0 Å². The van der Waals surface area contributed by atoms with E-state index in [0.29, 0.717) is 23.4 Å². The lowest BCUT2D eigenvalue weighted by atomic mass is 10.0. The van der Waals surface area contributed by atoms with Gasteiger partial charge in [0.05, 0.1) is 11.6 Å². The van der Waals surface area contributed by atoms with E-state index in [0.717, 1.165) is 23.2 Å². The highest BCUT2D eigenvalue weighted by Crippen LogP contribution is 2.25. The monoisotopic (exact) mass is 386 g/mol. The Hall–Kier alpha value is -3.85. The third-order valence-corrected chi connectivity index (χ3v) is 4.55. The predicted octanol–water partition coefficient (Wildman–Crippen LogP) is 4.37. The van der Waals surface area contributed by atoms with Gasteiger partial charge in [-0.15, -0.1) is 0 Å². The Balaban J connectivity index is 1.84. The maximum atomic E-state index is 12.0. The maximum Gasteiger partial charge on any atom is 0.330 e. The van der Waals surface area contributed by atoms with E-state index in [9.17, 15) is 9.90 Å². The van der Waals surface area contributed by atoms with Gasteiger partial charge in [0, 0.05) is 30.3 Å². The zero-order chi connectivity index (χ0) is 20.6. The summed E-state index contributed by atoms with van der Waals surface area (Å²) in [5.74, 6) is -0.971. The molecule has 2 aromatic carbocycles. The SMILES string of the molecule is CCc1cc(NCc2cccnc2)cc(C(Nc2ccc(C#N)cc2)C(=O)O)c1. The maximum absolute atomic E-state index is 12.0. The second kappa shape index (κ2) is 9.38. The number of nitrogens with one attached hydrogen (secondary N) is 2. The van der Waals surface area contributed by atoms with Gasteiger partial charge in [0.1, 0.15) is 0 Å². The van der Waals surface area contributed by atoms with Crippen LogP contribution in [0.5, 0.6) is 0 Å². The standard InChI is InChI=1S/C23H22N4O2/c1-2-16-10-19(12-21(11-16)26-15-18-4-3-9-25-14-18)22(23(28)29)27-20-7-5-17(13-24)6-8-20/h3-12,14,22,26-27H,2,15H2,1H3,(H,28,29). The van der Waals surface area contributed by atoms with E-state index in [1.807, 2.05) is 37.3 Å². The van der Waals surface area contributed by atoms with Crippen LogP contribution in [-0.2, 0) is 17.8 Å². The normalized spacial score (nSPS) is 11.3. The average molecular weight is 386 g/mol. The van der Waals surface area contributed by atoms with Crippen LogP contribution in [0.4, 0.5) is 11.4 Å². The summed E-state index contributed by atoms with van der Waals surface area (Å²) < 4.78 is 0. The minimum absolute atomic E-state index is 0.525. The first kappa shape index (κ1) is 19.9. The average Bonchev–Trinajstić information content (AvgIpc) is 2.76. The number of carboxylic acid groups (broad SMARTS) is 1. The van der Waals surface area contributed by atoms with Crippen molar-refractivity contribution in [2.75, 3.05) is 10.6 Å². The van der Waals surface area contributed by atoms with E-state index in [1.165, 1.54) is 0 Å². The summed E-state index contributed by atoms with van der Waals surface area (Å²) in [6.45, 7) is 2.63. The molecule has 6 nitrogen and oxygen atoms in total. The predicted molar refractivity (Wildman–Crippen MR) is 113 cm³/mol. The highest BCUT2D eigenvalue weighted by molar-refractivity contribution is 5.80. The van der Waals surface area contributed by atoms with Crippen LogP contribution in [0.1, 0.15) is 35.2 Å². The number of benzene rings is 2. The number of carboxylic acids is 1. The van der Waals surface area contributed by atoms with Crippen LogP contribution < -0.4 is 10.6 Å². The number of pyridine rings is 1. The molecule has 0 saturated heterocycles. The van der Waals surface area contributed by atoms with Crippen molar-refractivity contribution in [2.45, 2.75) is 25.9 Å². The van der Waals surface area contributed by atoms with Gasteiger partial charge in [0.15, 0.2) is 6.04 Å². The molecule has 0 amide bonds. The number of aliphatic carboxylic acids is 1. The topological polar surface area (TPSA) is 98.0 Å². The molecule has 29 heavy (non-hydrogen) atoms. The first-order chi connectivity index (χ1) is 14.1. The molecule has 3 aromatic rings. The van der Waals surface area contributed by atoms with Crippen LogP contribution in [0.3, 0.4) is 0 Å². The van der Waals surface area contributed by atoms with Crippen LogP contribution in [-0.4, -0.2) is 16.1 Å². The van der Waals surface area contributed by atoms with Crippen molar-refractivity contribution in [1.29, 1.82) is 5.26 Å². The Morgan fingerprint density at radius 2 is 1.93 bits per heavy atom. The van der Waals surface area contributed by atoms with Gasteiger partial charge in [-0.25, -0.2) is 4.79 Å². The van der Waals surface area contributed by atoms with E-state index in [1.54, 1.807) is 36.7 Å².